The molecule has 1 fully saturated rings. The Morgan fingerprint density at radius 1 is 1.44 bits per heavy atom. The summed E-state index contributed by atoms with van der Waals surface area (Å²) in [6.07, 6.45) is 3.58. The molecule has 86 valence electrons. The average Bonchev–Trinajstić information content (AvgIpc) is 2.27. The molecular formula is C13H15BrO2. The first kappa shape index (κ1) is 11.6. The van der Waals surface area contributed by atoms with Crippen LogP contribution in [0.1, 0.15) is 25.7 Å². The van der Waals surface area contributed by atoms with Gasteiger partial charge in [-0.3, -0.25) is 4.79 Å². The van der Waals surface area contributed by atoms with Crippen LogP contribution in [0.2, 0.25) is 0 Å². The quantitative estimate of drug-likeness (QED) is 0.847. The van der Waals surface area contributed by atoms with Gasteiger partial charge in [0.2, 0.25) is 0 Å². The minimum atomic E-state index is 0.383. The van der Waals surface area contributed by atoms with Crippen LogP contribution in [0, 0.1) is 5.92 Å². The summed E-state index contributed by atoms with van der Waals surface area (Å²) in [6, 6.07) is 7.81. The minimum absolute atomic E-state index is 0.383. The summed E-state index contributed by atoms with van der Waals surface area (Å²) >= 11 is 3.40. The summed E-state index contributed by atoms with van der Waals surface area (Å²) in [7, 11) is 0. The molecule has 0 bridgehead atoms. The Balaban J connectivity index is 1.85. The van der Waals surface area contributed by atoms with Crippen LogP contribution in [0.5, 0.6) is 5.75 Å². The summed E-state index contributed by atoms with van der Waals surface area (Å²) in [5.41, 5.74) is 0. The third-order valence-corrected chi connectivity index (χ3v) is 3.36. The molecule has 3 heteroatoms. The second-order valence-corrected chi connectivity index (χ2v) is 5.19. The summed E-state index contributed by atoms with van der Waals surface area (Å²) < 4.78 is 6.71. The van der Waals surface area contributed by atoms with Crippen molar-refractivity contribution in [3.05, 3.63) is 28.7 Å². The molecule has 0 aliphatic heterocycles. The number of carbonyl (C=O) groups is 1. The highest BCUT2D eigenvalue weighted by molar-refractivity contribution is 9.10. The molecule has 0 aromatic heterocycles. The summed E-state index contributed by atoms with van der Waals surface area (Å²) in [5.74, 6) is 1.65. The number of halogens is 1. The van der Waals surface area contributed by atoms with Gasteiger partial charge in [-0.1, -0.05) is 22.0 Å². The molecule has 0 heterocycles. The maximum absolute atomic E-state index is 11.3. The van der Waals surface area contributed by atoms with E-state index in [2.05, 4.69) is 15.9 Å². The third kappa shape index (κ3) is 3.34. The molecule has 0 N–H and O–H groups in total. The van der Waals surface area contributed by atoms with Crippen molar-refractivity contribution >= 4 is 21.7 Å². The van der Waals surface area contributed by atoms with Crippen molar-refractivity contribution in [1.29, 1.82) is 0 Å². The lowest BCUT2D eigenvalue weighted by molar-refractivity contribution is -0.121. The van der Waals surface area contributed by atoms with Crippen molar-refractivity contribution in [2.45, 2.75) is 25.7 Å². The zero-order chi connectivity index (χ0) is 11.4. The van der Waals surface area contributed by atoms with Gasteiger partial charge in [-0.25, -0.2) is 0 Å². The maximum Gasteiger partial charge on any atom is 0.133 e. The third-order valence-electron chi connectivity index (χ3n) is 2.87. The number of ether oxygens (including phenoxy) is 1. The van der Waals surface area contributed by atoms with Gasteiger partial charge in [-0.2, -0.15) is 0 Å². The second kappa shape index (κ2) is 5.48. The van der Waals surface area contributed by atoms with E-state index in [1.165, 1.54) is 0 Å². The standard InChI is InChI=1S/C13H15BrO2/c14-11-4-2-6-13(8-11)16-9-10-3-1-5-12(15)7-10/h2,4,6,8,10H,1,3,5,7,9H2. The molecule has 0 spiro atoms. The first-order valence-corrected chi connectivity index (χ1v) is 6.43. The normalized spacial score (nSPS) is 20.8. The Hall–Kier alpha value is -0.830. The molecule has 1 aliphatic rings. The molecule has 16 heavy (non-hydrogen) atoms. The van der Waals surface area contributed by atoms with Gasteiger partial charge in [0.1, 0.15) is 11.5 Å². The van der Waals surface area contributed by atoms with Gasteiger partial charge >= 0.3 is 0 Å². The molecule has 1 unspecified atom stereocenters. The largest absolute Gasteiger partial charge is 0.493 e. The van der Waals surface area contributed by atoms with Crippen molar-refractivity contribution < 1.29 is 9.53 Å². The van der Waals surface area contributed by atoms with E-state index < -0.39 is 0 Å². The lowest BCUT2D eigenvalue weighted by Crippen LogP contribution is -2.20. The predicted octanol–water partition coefficient (Wildman–Crippen LogP) is 3.59. The number of rotatable bonds is 3. The molecule has 2 rings (SSSR count). The number of Topliss-reactive ketones (excluding diaryl/α,β-unsaturated/α-hetero) is 1. The van der Waals surface area contributed by atoms with E-state index >= 15 is 0 Å². The first-order valence-electron chi connectivity index (χ1n) is 5.64. The zero-order valence-electron chi connectivity index (χ0n) is 9.12. The molecule has 1 aliphatic carbocycles. The summed E-state index contributed by atoms with van der Waals surface area (Å²) in [4.78, 5) is 11.3. The van der Waals surface area contributed by atoms with Crippen molar-refractivity contribution in [2.24, 2.45) is 5.92 Å². The fourth-order valence-electron chi connectivity index (χ4n) is 2.03. The fourth-order valence-corrected chi connectivity index (χ4v) is 2.41. The van der Waals surface area contributed by atoms with Crippen LogP contribution in [-0.4, -0.2) is 12.4 Å². The van der Waals surface area contributed by atoms with E-state index in [1.807, 2.05) is 24.3 Å². The highest BCUT2D eigenvalue weighted by Crippen LogP contribution is 2.23. The van der Waals surface area contributed by atoms with Crippen molar-refractivity contribution in [3.63, 3.8) is 0 Å². The van der Waals surface area contributed by atoms with Crippen LogP contribution in [0.15, 0.2) is 28.7 Å². The molecule has 0 saturated heterocycles. The Bertz CT molecular complexity index is 376. The minimum Gasteiger partial charge on any atom is -0.493 e. The molecule has 1 aromatic carbocycles. The van der Waals surface area contributed by atoms with Crippen LogP contribution in [0.3, 0.4) is 0 Å². The van der Waals surface area contributed by atoms with Gasteiger partial charge < -0.3 is 4.74 Å². The zero-order valence-corrected chi connectivity index (χ0v) is 10.7. The summed E-state index contributed by atoms with van der Waals surface area (Å²) in [5, 5.41) is 0. The lowest BCUT2D eigenvalue weighted by atomic mass is 9.89. The van der Waals surface area contributed by atoms with Gasteiger partial charge in [0.15, 0.2) is 0 Å². The number of carbonyl (C=O) groups excluding carboxylic acids is 1. The van der Waals surface area contributed by atoms with Gasteiger partial charge in [0.05, 0.1) is 6.61 Å². The van der Waals surface area contributed by atoms with Gasteiger partial charge in [0, 0.05) is 17.3 Å². The van der Waals surface area contributed by atoms with E-state index in [4.69, 9.17) is 4.74 Å². The highest BCUT2D eigenvalue weighted by Gasteiger charge is 2.19. The van der Waals surface area contributed by atoms with Crippen molar-refractivity contribution in [3.8, 4) is 5.75 Å². The Kier molecular flexibility index (Phi) is 3.99. The van der Waals surface area contributed by atoms with Gasteiger partial charge in [0.25, 0.3) is 0 Å². The van der Waals surface area contributed by atoms with E-state index in [9.17, 15) is 4.79 Å². The van der Waals surface area contributed by atoms with Gasteiger partial charge in [-0.05, 0) is 37.0 Å². The maximum atomic E-state index is 11.3. The van der Waals surface area contributed by atoms with Crippen LogP contribution in [0.4, 0.5) is 0 Å². The predicted molar refractivity (Wildman–Crippen MR) is 66.6 cm³/mol. The molecule has 0 radical (unpaired) electrons. The fraction of sp³-hybridized carbons (Fsp3) is 0.462. The van der Waals surface area contributed by atoms with Crippen LogP contribution in [0.25, 0.3) is 0 Å². The topological polar surface area (TPSA) is 26.3 Å². The molecule has 1 aromatic rings. The lowest BCUT2D eigenvalue weighted by Gasteiger charge is -2.20. The smallest absolute Gasteiger partial charge is 0.133 e. The molecule has 2 nitrogen and oxygen atoms in total. The van der Waals surface area contributed by atoms with Crippen LogP contribution in [-0.2, 0) is 4.79 Å². The number of ketones is 1. The highest BCUT2D eigenvalue weighted by atomic mass is 79.9. The second-order valence-electron chi connectivity index (χ2n) is 4.27. The number of benzene rings is 1. The van der Waals surface area contributed by atoms with Crippen molar-refractivity contribution in [1.82, 2.24) is 0 Å². The summed E-state index contributed by atoms with van der Waals surface area (Å²) in [6.45, 7) is 0.655. The van der Waals surface area contributed by atoms with E-state index in [0.29, 0.717) is 24.7 Å². The van der Waals surface area contributed by atoms with E-state index in [0.717, 1.165) is 29.5 Å². The van der Waals surface area contributed by atoms with Crippen molar-refractivity contribution in [2.75, 3.05) is 6.61 Å². The molecular weight excluding hydrogens is 268 g/mol. The monoisotopic (exact) mass is 282 g/mol. The first-order chi connectivity index (χ1) is 7.74. The molecule has 1 saturated carbocycles. The number of hydrogen-bond donors (Lipinski definition) is 0. The Labute approximate surface area is 104 Å². The SMILES string of the molecule is O=C1CCCC(COc2cccc(Br)c2)C1. The van der Waals surface area contributed by atoms with E-state index in [1.54, 1.807) is 0 Å². The van der Waals surface area contributed by atoms with Gasteiger partial charge in [-0.15, -0.1) is 0 Å². The molecule has 1 atom stereocenters. The van der Waals surface area contributed by atoms with Crippen LogP contribution < -0.4 is 4.74 Å². The number of hydrogen-bond acceptors (Lipinski definition) is 2. The Morgan fingerprint density at radius 3 is 3.06 bits per heavy atom. The van der Waals surface area contributed by atoms with E-state index in [-0.39, 0.29) is 0 Å². The average molecular weight is 283 g/mol. The van der Waals surface area contributed by atoms with Crippen LogP contribution >= 0.6 is 15.9 Å². The Morgan fingerprint density at radius 2 is 2.31 bits per heavy atom. The molecule has 0 amide bonds.